The Labute approximate surface area is 98.7 Å². The van der Waals surface area contributed by atoms with Gasteiger partial charge in [0.25, 0.3) is 0 Å². The molecule has 1 aromatic heterocycles. The summed E-state index contributed by atoms with van der Waals surface area (Å²) < 4.78 is 0. The van der Waals surface area contributed by atoms with Crippen LogP contribution in [-0.2, 0) is 6.42 Å². The molecule has 0 radical (unpaired) electrons. The minimum atomic E-state index is 0.258. The van der Waals surface area contributed by atoms with E-state index in [1.165, 1.54) is 0 Å². The molecule has 0 aliphatic rings. The van der Waals surface area contributed by atoms with E-state index in [2.05, 4.69) is 37.7 Å². The minimum Gasteiger partial charge on any atom is -0.397 e. The molecule has 90 valence electrons. The highest BCUT2D eigenvalue weighted by Crippen LogP contribution is 2.16. The lowest BCUT2D eigenvalue weighted by Crippen LogP contribution is -2.41. The smallest absolute Gasteiger partial charge is 0.0501 e. The van der Waals surface area contributed by atoms with Crippen LogP contribution in [0.25, 0.3) is 0 Å². The molecule has 3 nitrogen and oxygen atoms in total. The molecule has 0 aliphatic carbocycles. The lowest BCUT2D eigenvalue weighted by Gasteiger charge is -2.34. The predicted molar refractivity (Wildman–Crippen MR) is 69.4 cm³/mol. The SMILES string of the molecule is CCC(C)(C)N(C)CCc1ccc(N)cn1. The first-order valence-electron chi connectivity index (χ1n) is 5.87. The maximum atomic E-state index is 5.60. The second kappa shape index (κ2) is 5.30. The molecule has 2 N–H and O–H groups in total. The van der Waals surface area contributed by atoms with Gasteiger partial charge in [0.1, 0.15) is 0 Å². The molecule has 1 rings (SSSR count). The van der Waals surface area contributed by atoms with Crippen molar-refractivity contribution in [1.29, 1.82) is 0 Å². The molecule has 0 spiro atoms. The lowest BCUT2D eigenvalue weighted by atomic mass is 10.00. The fraction of sp³-hybridized carbons (Fsp3) is 0.615. The van der Waals surface area contributed by atoms with Gasteiger partial charge in [-0.3, -0.25) is 4.98 Å². The molecule has 0 fully saturated rings. The van der Waals surface area contributed by atoms with E-state index >= 15 is 0 Å². The van der Waals surface area contributed by atoms with Crippen molar-refractivity contribution in [2.75, 3.05) is 19.3 Å². The van der Waals surface area contributed by atoms with Crippen LogP contribution < -0.4 is 5.73 Å². The van der Waals surface area contributed by atoms with E-state index < -0.39 is 0 Å². The molecule has 1 heterocycles. The van der Waals surface area contributed by atoms with Crippen LogP contribution in [0.3, 0.4) is 0 Å². The summed E-state index contributed by atoms with van der Waals surface area (Å²) in [6.45, 7) is 7.78. The number of hydrogen-bond donors (Lipinski definition) is 1. The lowest BCUT2D eigenvalue weighted by molar-refractivity contribution is 0.152. The van der Waals surface area contributed by atoms with Gasteiger partial charge in [-0.25, -0.2) is 0 Å². The second-order valence-electron chi connectivity index (χ2n) is 4.92. The Kier molecular flexibility index (Phi) is 4.30. The number of pyridine rings is 1. The molecule has 0 atom stereocenters. The first-order chi connectivity index (χ1) is 7.45. The average molecular weight is 221 g/mol. The molecular weight excluding hydrogens is 198 g/mol. The summed E-state index contributed by atoms with van der Waals surface area (Å²) in [5, 5.41) is 0. The maximum absolute atomic E-state index is 5.60. The van der Waals surface area contributed by atoms with Crippen LogP contribution in [0, 0.1) is 0 Å². The molecule has 0 amide bonds. The quantitative estimate of drug-likeness (QED) is 0.829. The third kappa shape index (κ3) is 3.49. The Morgan fingerprint density at radius 2 is 2.06 bits per heavy atom. The van der Waals surface area contributed by atoms with Crippen LogP contribution in [0.4, 0.5) is 5.69 Å². The summed E-state index contributed by atoms with van der Waals surface area (Å²) in [6, 6.07) is 3.91. The van der Waals surface area contributed by atoms with Gasteiger partial charge in [-0.2, -0.15) is 0 Å². The molecule has 0 aromatic carbocycles. The molecule has 0 unspecified atom stereocenters. The monoisotopic (exact) mass is 221 g/mol. The zero-order valence-electron chi connectivity index (χ0n) is 10.8. The number of nitrogens with two attached hydrogens (primary N) is 1. The summed E-state index contributed by atoms with van der Waals surface area (Å²) in [5.41, 5.74) is 7.69. The van der Waals surface area contributed by atoms with Gasteiger partial charge in [0.05, 0.1) is 11.9 Å². The Hall–Kier alpha value is -1.09. The van der Waals surface area contributed by atoms with E-state index in [-0.39, 0.29) is 5.54 Å². The van der Waals surface area contributed by atoms with Crippen molar-refractivity contribution in [3.8, 4) is 0 Å². The number of rotatable bonds is 5. The van der Waals surface area contributed by atoms with Crippen LogP contribution in [0.1, 0.15) is 32.9 Å². The van der Waals surface area contributed by atoms with Crippen LogP contribution >= 0.6 is 0 Å². The zero-order chi connectivity index (χ0) is 12.2. The first-order valence-corrected chi connectivity index (χ1v) is 5.87. The van der Waals surface area contributed by atoms with Crippen molar-refractivity contribution < 1.29 is 0 Å². The summed E-state index contributed by atoms with van der Waals surface area (Å²) >= 11 is 0. The molecule has 16 heavy (non-hydrogen) atoms. The van der Waals surface area contributed by atoms with Crippen LogP contribution in [0.5, 0.6) is 0 Å². The highest BCUT2D eigenvalue weighted by molar-refractivity contribution is 5.34. The van der Waals surface area contributed by atoms with Crippen LogP contribution in [0.2, 0.25) is 0 Å². The van der Waals surface area contributed by atoms with Gasteiger partial charge < -0.3 is 10.6 Å². The van der Waals surface area contributed by atoms with Gasteiger partial charge in [-0.1, -0.05) is 6.92 Å². The fourth-order valence-electron chi connectivity index (χ4n) is 1.44. The van der Waals surface area contributed by atoms with Gasteiger partial charge >= 0.3 is 0 Å². The third-order valence-electron chi connectivity index (χ3n) is 3.45. The molecule has 0 aliphatic heterocycles. The summed E-state index contributed by atoms with van der Waals surface area (Å²) in [4.78, 5) is 6.69. The van der Waals surface area contributed by atoms with E-state index in [0.29, 0.717) is 0 Å². The predicted octanol–water partition coefficient (Wildman–Crippen LogP) is 2.33. The van der Waals surface area contributed by atoms with Crippen molar-refractivity contribution in [1.82, 2.24) is 9.88 Å². The van der Waals surface area contributed by atoms with E-state index in [1.807, 2.05) is 12.1 Å². The minimum absolute atomic E-state index is 0.258. The maximum Gasteiger partial charge on any atom is 0.0501 e. The number of anilines is 1. The standard InChI is InChI=1S/C13H23N3/c1-5-13(2,3)16(4)9-8-12-7-6-11(14)10-15-12/h6-7,10H,5,8-9,14H2,1-4H3. The first kappa shape index (κ1) is 13.0. The highest BCUT2D eigenvalue weighted by Gasteiger charge is 2.20. The van der Waals surface area contributed by atoms with Gasteiger partial charge in [0.2, 0.25) is 0 Å². The highest BCUT2D eigenvalue weighted by atomic mass is 15.2. The zero-order valence-corrected chi connectivity index (χ0v) is 10.8. The summed E-state index contributed by atoms with van der Waals surface area (Å²) in [5.74, 6) is 0. The van der Waals surface area contributed by atoms with E-state index in [0.717, 1.165) is 30.8 Å². The van der Waals surface area contributed by atoms with Gasteiger partial charge in [0, 0.05) is 24.2 Å². The molecule has 0 bridgehead atoms. The van der Waals surface area contributed by atoms with Gasteiger partial charge in [-0.15, -0.1) is 0 Å². The molecular formula is C13H23N3. The summed E-state index contributed by atoms with van der Waals surface area (Å²) in [7, 11) is 2.17. The Morgan fingerprint density at radius 3 is 2.56 bits per heavy atom. The van der Waals surface area contributed by atoms with E-state index in [9.17, 15) is 0 Å². The number of aromatic nitrogens is 1. The topological polar surface area (TPSA) is 42.1 Å². The number of nitrogen functional groups attached to an aromatic ring is 1. The molecule has 0 saturated heterocycles. The van der Waals surface area contributed by atoms with E-state index in [4.69, 9.17) is 5.73 Å². The van der Waals surface area contributed by atoms with E-state index in [1.54, 1.807) is 6.20 Å². The molecule has 0 saturated carbocycles. The third-order valence-corrected chi connectivity index (χ3v) is 3.45. The van der Waals surface area contributed by atoms with Crippen LogP contribution in [0.15, 0.2) is 18.3 Å². The van der Waals surface area contributed by atoms with Gasteiger partial charge in [-0.05, 0) is 39.4 Å². The van der Waals surface area contributed by atoms with Crippen molar-refractivity contribution in [3.05, 3.63) is 24.0 Å². The number of nitrogens with zero attached hydrogens (tertiary/aromatic N) is 2. The Balaban J connectivity index is 2.49. The normalized spacial score (nSPS) is 12.1. The largest absolute Gasteiger partial charge is 0.397 e. The van der Waals surface area contributed by atoms with Gasteiger partial charge in [0.15, 0.2) is 0 Å². The van der Waals surface area contributed by atoms with Crippen molar-refractivity contribution in [2.45, 2.75) is 39.2 Å². The van der Waals surface area contributed by atoms with Crippen molar-refractivity contribution in [2.24, 2.45) is 0 Å². The van der Waals surface area contributed by atoms with Crippen molar-refractivity contribution in [3.63, 3.8) is 0 Å². The summed E-state index contributed by atoms with van der Waals surface area (Å²) in [6.07, 6.45) is 3.85. The second-order valence-corrected chi connectivity index (χ2v) is 4.92. The van der Waals surface area contributed by atoms with Crippen molar-refractivity contribution >= 4 is 5.69 Å². The Bertz CT molecular complexity index is 316. The number of hydrogen-bond acceptors (Lipinski definition) is 3. The fourth-order valence-corrected chi connectivity index (χ4v) is 1.44. The molecule has 1 aromatic rings. The van der Waals surface area contributed by atoms with Crippen LogP contribution in [-0.4, -0.2) is 29.0 Å². The molecule has 3 heteroatoms. The average Bonchev–Trinajstić information content (AvgIpc) is 2.28. The number of likely N-dealkylation sites (N-methyl/N-ethyl adjacent to an activating group) is 1. The Morgan fingerprint density at radius 1 is 1.38 bits per heavy atom.